The molecular weight excluding hydrogens is 389 g/mol. The highest BCUT2D eigenvalue weighted by Crippen LogP contribution is 2.35. The first-order chi connectivity index (χ1) is 10.2. The number of carbonyl (C=O) groups is 1. The Bertz CT molecular complexity index is 756. The van der Waals surface area contributed by atoms with Crippen molar-refractivity contribution in [2.75, 3.05) is 12.3 Å². The lowest BCUT2D eigenvalue weighted by atomic mass is 10.2. The molecule has 0 bridgehead atoms. The van der Waals surface area contributed by atoms with E-state index in [9.17, 15) is 13.2 Å². The van der Waals surface area contributed by atoms with Gasteiger partial charge < -0.3 is 0 Å². The van der Waals surface area contributed by atoms with Crippen LogP contribution in [0, 0.1) is 0 Å². The fourth-order valence-corrected chi connectivity index (χ4v) is 3.89. The van der Waals surface area contributed by atoms with E-state index in [0.717, 1.165) is 16.7 Å². The van der Waals surface area contributed by atoms with Gasteiger partial charge in [0.15, 0.2) is 0 Å². The van der Waals surface area contributed by atoms with Crippen LogP contribution in [-0.2, 0) is 14.9 Å². The highest BCUT2D eigenvalue weighted by Gasteiger charge is 2.32. The fourth-order valence-electron chi connectivity index (χ4n) is 1.68. The second-order valence-corrected chi connectivity index (χ2v) is 8.32. The molecule has 0 radical (unpaired) electrons. The minimum Gasteiger partial charge on any atom is -0.292 e. The quantitative estimate of drug-likeness (QED) is 0.477. The minimum atomic E-state index is -4.17. The molecule has 10 heteroatoms. The van der Waals surface area contributed by atoms with Crippen LogP contribution in [0.2, 0.25) is 10.0 Å². The predicted octanol–water partition coefficient (Wildman–Crippen LogP) is 3.08. The number of hydrogen-bond acceptors (Lipinski definition) is 5. The number of thioether (sulfide) groups is 1. The molecule has 5 nitrogen and oxygen atoms in total. The lowest BCUT2D eigenvalue weighted by Crippen LogP contribution is -2.32. The second kappa shape index (κ2) is 6.86. The van der Waals surface area contributed by atoms with Gasteiger partial charge in [0, 0.05) is 22.2 Å². The van der Waals surface area contributed by atoms with Crippen LogP contribution in [0.4, 0.5) is 0 Å². The molecule has 1 fully saturated rings. The summed E-state index contributed by atoms with van der Waals surface area (Å²) in [5.41, 5.74) is 0.487. The molecular formula is C12H9Cl2NO4S3. The highest BCUT2D eigenvalue weighted by atomic mass is 35.5. The molecule has 1 aliphatic heterocycles. The monoisotopic (exact) mass is 397 g/mol. The zero-order chi connectivity index (χ0) is 16.5. The number of thiocarbonyl (C=S) groups is 1. The van der Waals surface area contributed by atoms with E-state index in [2.05, 4.69) is 0 Å². The van der Waals surface area contributed by atoms with Crippen LogP contribution in [0.1, 0.15) is 5.56 Å². The average Bonchev–Trinajstić information content (AvgIpc) is 2.66. The summed E-state index contributed by atoms with van der Waals surface area (Å²) in [6.45, 7) is -0.211. The largest absolute Gasteiger partial charge is 0.292 e. The maximum Gasteiger partial charge on any atom is 0.266 e. The Balaban J connectivity index is 2.26. The average molecular weight is 398 g/mol. The van der Waals surface area contributed by atoms with Gasteiger partial charge in [-0.15, -0.1) is 0 Å². The van der Waals surface area contributed by atoms with Crippen LogP contribution in [0.25, 0.3) is 6.08 Å². The number of amides is 1. The number of nitrogens with zero attached hydrogens (tertiary/aromatic N) is 1. The Kier molecular flexibility index (Phi) is 5.52. The first kappa shape index (κ1) is 17.7. The second-order valence-electron chi connectivity index (χ2n) is 4.25. The van der Waals surface area contributed by atoms with Crippen molar-refractivity contribution in [1.82, 2.24) is 4.90 Å². The SMILES string of the molecule is O=C1C(=Cc2c(Cl)cccc2Cl)SC(=S)N1CCS(=O)(=O)O. The summed E-state index contributed by atoms with van der Waals surface area (Å²) in [5.74, 6) is -1.03. The molecule has 22 heavy (non-hydrogen) atoms. The van der Waals surface area contributed by atoms with Gasteiger partial charge in [-0.25, -0.2) is 0 Å². The highest BCUT2D eigenvalue weighted by molar-refractivity contribution is 8.26. The molecule has 2 rings (SSSR count). The molecule has 1 aromatic carbocycles. The van der Waals surface area contributed by atoms with Crippen LogP contribution in [-0.4, -0.2) is 40.4 Å². The molecule has 0 aromatic heterocycles. The lowest BCUT2D eigenvalue weighted by Gasteiger charge is -2.12. The van der Waals surface area contributed by atoms with Gasteiger partial charge >= 0.3 is 0 Å². The molecule has 0 unspecified atom stereocenters. The molecule has 1 heterocycles. The number of rotatable bonds is 4. The van der Waals surface area contributed by atoms with Crippen molar-refractivity contribution in [3.63, 3.8) is 0 Å². The normalized spacial score (nSPS) is 17.6. The third-order valence-electron chi connectivity index (χ3n) is 2.72. The topological polar surface area (TPSA) is 74.7 Å². The van der Waals surface area contributed by atoms with Gasteiger partial charge in [-0.2, -0.15) is 8.42 Å². The van der Waals surface area contributed by atoms with Gasteiger partial charge in [0.25, 0.3) is 16.0 Å². The van der Waals surface area contributed by atoms with Gasteiger partial charge in [-0.1, -0.05) is 53.2 Å². The smallest absolute Gasteiger partial charge is 0.266 e. The van der Waals surface area contributed by atoms with Gasteiger partial charge in [0.05, 0.1) is 10.7 Å². The van der Waals surface area contributed by atoms with E-state index in [0.29, 0.717) is 15.6 Å². The third-order valence-corrected chi connectivity index (χ3v) is 5.46. The van der Waals surface area contributed by atoms with Crippen molar-refractivity contribution in [1.29, 1.82) is 0 Å². The van der Waals surface area contributed by atoms with E-state index in [1.807, 2.05) is 0 Å². The van der Waals surface area contributed by atoms with Crippen molar-refractivity contribution in [2.24, 2.45) is 0 Å². The van der Waals surface area contributed by atoms with Crippen LogP contribution in [0.5, 0.6) is 0 Å². The molecule has 1 aromatic rings. The van der Waals surface area contributed by atoms with E-state index in [1.165, 1.54) is 6.08 Å². The zero-order valence-electron chi connectivity index (χ0n) is 10.8. The Morgan fingerprint density at radius 3 is 2.45 bits per heavy atom. The van der Waals surface area contributed by atoms with Crippen LogP contribution in [0.15, 0.2) is 23.1 Å². The van der Waals surface area contributed by atoms with Crippen LogP contribution < -0.4 is 0 Å². The first-order valence-electron chi connectivity index (χ1n) is 5.83. The third kappa shape index (κ3) is 4.21. The Morgan fingerprint density at radius 2 is 1.91 bits per heavy atom. The van der Waals surface area contributed by atoms with Crippen LogP contribution >= 0.6 is 47.2 Å². The van der Waals surface area contributed by atoms with E-state index >= 15 is 0 Å². The minimum absolute atomic E-state index is 0.211. The van der Waals surface area contributed by atoms with Gasteiger partial charge in [0.2, 0.25) is 0 Å². The molecule has 0 aliphatic carbocycles. The van der Waals surface area contributed by atoms with Crippen molar-refractivity contribution >= 4 is 73.6 Å². The maximum atomic E-state index is 12.2. The van der Waals surface area contributed by atoms with Crippen molar-refractivity contribution < 1.29 is 17.8 Å². The van der Waals surface area contributed by atoms with E-state index in [-0.39, 0.29) is 15.8 Å². The van der Waals surface area contributed by atoms with E-state index in [4.69, 9.17) is 40.0 Å². The maximum absolute atomic E-state index is 12.2. The van der Waals surface area contributed by atoms with Crippen molar-refractivity contribution in [3.05, 3.63) is 38.7 Å². The summed E-state index contributed by atoms with van der Waals surface area (Å²) < 4.78 is 30.5. The molecule has 1 N–H and O–H groups in total. The molecule has 0 spiro atoms. The summed E-state index contributed by atoms with van der Waals surface area (Å²) in [7, 11) is -4.17. The Hall–Kier alpha value is -0.640. The zero-order valence-corrected chi connectivity index (χ0v) is 14.8. The molecule has 0 atom stereocenters. The van der Waals surface area contributed by atoms with Crippen LogP contribution in [0.3, 0.4) is 0 Å². The molecule has 0 saturated carbocycles. The standard InChI is InChI=1S/C12H9Cl2NO4S3/c13-8-2-1-3-9(14)7(8)6-10-11(16)15(12(20)21-10)4-5-22(17,18)19/h1-3,6H,4-5H2,(H,17,18,19). The van der Waals surface area contributed by atoms with Gasteiger partial charge in [-0.3, -0.25) is 14.2 Å². The molecule has 118 valence electrons. The summed E-state index contributed by atoms with van der Waals surface area (Å²) >= 11 is 18.2. The van der Waals surface area contributed by atoms with Crippen molar-refractivity contribution in [3.8, 4) is 0 Å². The summed E-state index contributed by atoms with van der Waals surface area (Å²) in [6, 6.07) is 4.95. The number of benzene rings is 1. The number of halogens is 2. The van der Waals surface area contributed by atoms with E-state index in [1.54, 1.807) is 18.2 Å². The fraction of sp³-hybridized carbons (Fsp3) is 0.167. The molecule has 1 amide bonds. The summed E-state index contributed by atoms with van der Waals surface area (Å²) in [6.07, 6.45) is 1.51. The number of carbonyl (C=O) groups excluding carboxylic acids is 1. The summed E-state index contributed by atoms with van der Waals surface area (Å²) in [5, 5.41) is 0.770. The Morgan fingerprint density at radius 1 is 1.32 bits per heavy atom. The number of hydrogen-bond donors (Lipinski definition) is 1. The van der Waals surface area contributed by atoms with E-state index < -0.39 is 21.8 Å². The van der Waals surface area contributed by atoms with Gasteiger partial charge in [-0.05, 0) is 18.2 Å². The van der Waals surface area contributed by atoms with Crippen molar-refractivity contribution in [2.45, 2.75) is 0 Å². The summed E-state index contributed by atoms with van der Waals surface area (Å²) in [4.78, 5) is 13.6. The lowest BCUT2D eigenvalue weighted by molar-refractivity contribution is -0.121. The molecule has 1 aliphatic rings. The first-order valence-corrected chi connectivity index (χ1v) is 9.42. The Labute approximate surface area is 147 Å². The predicted molar refractivity (Wildman–Crippen MR) is 92.8 cm³/mol. The van der Waals surface area contributed by atoms with Gasteiger partial charge in [0.1, 0.15) is 4.32 Å². The molecule has 1 saturated heterocycles.